The van der Waals surface area contributed by atoms with Gasteiger partial charge in [0.2, 0.25) is 5.91 Å². The zero-order chi connectivity index (χ0) is 14.9. The van der Waals surface area contributed by atoms with Crippen molar-refractivity contribution in [3.63, 3.8) is 0 Å². The normalized spacial score (nSPS) is 24.2. The fourth-order valence-corrected chi connectivity index (χ4v) is 3.07. The van der Waals surface area contributed by atoms with Gasteiger partial charge in [0.05, 0.1) is 26.4 Å². The summed E-state index contributed by atoms with van der Waals surface area (Å²) >= 11 is 0. The molecule has 2 heterocycles. The lowest BCUT2D eigenvalue weighted by Crippen LogP contribution is -2.48. The van der Waals surface area contributed by atoms with E-state index in [-0.39, 0.29) is 5.91 Å². The zero-order valence-electron chi connectivity index (χ0n) is 13.2. The van der Waals surface area contributed by atoms with Crippen molar-refractivity contribution < 1.29 is 14.3 Å². The average molecular weight is 299 g/mol. The van der Waals surface area contributed by atoms with Gasteiger partial charge >= 0.3 is 0 Å². The lowest BCUT2D eigenvalue weighted by molar-refractivity contribution is -0.132. The third kappa shape index (κ3) is 5.90. The molecule has 2 rings (SSSR count). The van der Waals surface area contributed by atoms with E-state index >= 15 is 0 Å². The zero-order valence-corrected chi connectivity index (χ0v) is 13.2. The van der Waals surface area contributed by atoms with Crippen molar-refractivity contribution in [1.82, 2.24) is 15.1 Å². The predicted molar refractivity (Wildman–Crippen MR) is 81.3 cm³/mol. The Kier molecular flexibility index (Phi) is 7.43. The first kappa shape index (κ1) is 16.7. The molecule has 0 radical (unpaired) electrons. The van der Waals surface area contributed by atoms with Crippen molar-refractivity contribution in [1.29, 1.82) is 0 Å². The first-order valence-electron chi connectivity index (χ1n) is 8.07. The number of amides is 1. The lowest BCUT2D eigenvalue weighted by atomic mass is 9.97. The number of piperidine rings is 1. The Morgan fingerprint density at radius 2 is 2.14 bits per heavy atom. The topological polar surface area (TPSA) is 54.0 Å². The molecule has 122 valence electrons. The largest absolute Gasteiger partial charge is 0.383 e. The number of carbonyl (C=O) groups excluding carboxylic acids is 1. The van der Waals surface area contributed by atoms with Gasteiger partial charge in [-0.05, 0) is 18.8 Å². The average Bonchev–Trinajstić information content (AvgIpc) is 2.53. The van der Waals surface area contributed by atoms with Gasteiger partial charge in [0.15, 0.2) is 0 Å². The molecule has 2 aliphatic heterocycles. The summed E-state index contributed by atoms with van der Waals surface area (Å²) in [5.41, 5.74) is 0. The number of methoxy groups -OCH3 is 1. The van der Waals surface area contributed by atoms with Crippen LogP contribution in [0.4, 0.5) is 0 Å². The summed E-state index contributed by atoms with van der Waals surface area (Å²) in [6.07, 6.45) is 2.36. The number of nitrogens with zero attached hydrogens (tertiary/aromatic N) is 2. The van der Waals surface area contributed by atoms with Crippen molar-refractivity contribution in [2.24, 2.45) is 5.92 Å². The minimum absolute atomic E-state index is 0.220. The van der Waals surface area contributed by atoms with Crippen LogP contribution in [0.15, 0.2) is 0 Å². The highest BCUT2D eigenvalue weighted by atomic mass is 16.5. The molecule has 0 bridgehead atoms. The number of nitrogens with one attached hydrogen (secondary N) is 1. The third-order valence-electron chi connectivity index (χ3n) is 4.25. The fraction of sp³-hybridized carbons (Fsp3) is 0.933. The van der Waals surface area contributed by atoms with Crippen LogP contribution in [0.5, 0.6) is 0 Å². The molecule has 1 unspecified atom stereocenters. The second kappa shape index (κ2) is 9.35. The Balaban J connectivity index is 1.68. The highest BCUT2D eigenvalue weighted by molar-refractivity contribution is 5.78. The van der Waals surface area contributed by atoms with Crippen molar-refractivity contribution in [3.05, 3.63) is 0 Å². The molecular weight excluding hydrogens is 270 g/mol. The van der Waals surface area contributed by atoms with Gasteiger partial charge in [0.25, 0.3) is 0 Å². The van der Waals surface area contributed by atoms with E-state index in [1.54, 1.807) is 7.11 Å². The maximum absolute atomic E-state index is 12.2. The molecule has 6 nitrogen and oxygen atoms in total. The Labute approximate surface area is 127 Å². The quantitative estimate of drug-likeness (QED) is 0.660. The van der Waals surface area contributed by atoms with Crippen LogP contribution in [-0.2, 0) is 14.3 Å². The molecule has 0 spiro atoms. The van der Waals surface area contributed by atoms with Gasteiger partial charge in [0.1, 0.15) is 0 Å². The van der Waals surface area contributed by atoms with Gasteiger partial charge in [-0.25, -0.2) is 0 Å². The van der Waals surface area contributed by atoms with Crippen molar-refractivity contribution in [2.75, 3.05) is 72.7 Å². The number of rotatable bonds is 7. The van der Waals surface area contributed by atoms with Gasteiger partial charge in [0, 0.05) is 46.4 Å². The molecule has 1 N–H and O–H groups in total. The second-order valence-electron chi connectivity index (χ2n) is 5.93. The first-order valence-corrected chi connectivity index (χ1v) is 8.07. The van der Waals surface area contributed by atoms with E-state index in [1.807, 2.05) is 4.90 Å². The predicted octanol–water partition coefficient (Wildman–Crippen LogP) is -0.207. The Morgan fingerprint density at radius 3 is 2.90 bits per heavy atom. The lowest BCUT2D eigenvalue weighted by Gasteiger charge is -2.36. The number of hydrogen-bond donors (Lipinski definition) is 1. The summed E-state index contributed by atoms with van der Waals surface area (Å²) in [4.78, 5) is 16.7. The van der Waals surface area contributed by atoms with Crippen LogP contribution in [-0.4, -0.2) is 88.5 Å². The van der Waals surface area contributed by atoms with Crippen molar-refractivity contribution in [2.45, 2.75) is 12.8 Å². The number of likely N-dealkylation sites (tertiary alicyclic amines) is 1. The third-order valence-corrected chi connectivity index (χ3v) is 4.25. The van der Waals surface area contributed by atoms with E-state index in [4.69, 9.17) is 9.47 Å². The molecule has 0 saturated carbocycles. The van der Waals surface area contributed by atoms with E-state index in [9.17, 15) is 4.79 Å². The van der Waals surface area contributed by atoms with Crippen LogP contribution >= 0.6 is 0 Å². The molecular formula is C15H29N3O3. The molecule has 6 heteroatoms. The molecule has 2 fully saturated rings. The summed E-state index contributed by atoms with van der Waals surface area (Å²) < 4.78 is 10.4. The number of ether oxygens (including phenoxy) is 2. The molecule has 0 aromatic rings. The maximum Gasteiger partial charge on any atom is 0.236 e. The van der Waals surface area contributed by atoms with Gasteiger partial charge < -0.3 is 19.7 Å². The van der Waals surface area contributed by atoms with Crippen LogP contribution in [0, 0.1) is 5.92 Å². The Hall–Kier alpha value is -0.690. The van der Waals surface area contributed by atoms with E-state index in [2.05, 4.69) is 10.2 Å². The van der Waals surface area contributed by atoms with Gasteiger partial charge in [-0.2, -0.15) is 0 Å². The smallest absolute Gasteiger partial charge is 0.236 e. The van der Waals surface area contributed by atoms with Gasteiger partial charge in [-0.15, -0.1) is 0 Å². The standard InChI is InChI=1S/C15H29N3O3/c1-20-8-4-16-11-15(19)18-5-2-3-14(13-18)12-17-6-9-21-10-7-17/h14,16H,2-13H2,1H3. The molecule has 0 aliphatic carbocycles. The molecule has 2 saturated heterocycles. The SMILES string of the molecule is COCCNCC(=O)N1CCCC(CN2CCOCC2)C1. The summed E-state index contributed by atoms with van der Waals surface area (Å²) in [6.45, 7) is 8.47. The molecule has 0 aromatic heterocycles. The molecule has 2 aliphatic rings. The van der Waals surface area contributed by atoms with E-state index in [0.717, 1.165) is 58.9 Å². The second-order valence-corrected chi connectivity index (χ2v) is 5.93. The Bertz CT molecular complexity index is 309. The summed E-state index contributed by atoms with van der Waals surface area (Å²) in [5, 5.41) is 3.14. The minimum atomic E-state index is 0.220. The fourth-order valence-electron chi connectivity index (χ4n) is 3.07. The highest BCUT2D eigenvalue weighted by Gasteiger charge is 2.25. The summed E-state index contributed by atoms with van der Waals surface area (Å²) in [7, 11) is 1.67. The highest BCUT2D eigenvalue weighted by Crippen LogP contribution is 2.18. The van der Waals surface area contributed by atoms with Gasteiger partial charge in [-0.1, -0.05) is 0 Å². The molecule has 1 atom stereocenters. The van der Waals surface area contributed by atoms with Crippen LogP contribution in [0.2, 0.25) is 0 Å². The summed E-state index contributed by atoms with van der Waals surface area (Å²) in [5.74, 6) is 0.831. The van der Waals surface area contributed by atoms with Crippen LogP contribution in [0.1, 0.15) is 12.8 Å². The van der Waals surface area contributed by atoms with E-state index in [0.29, 0.717) is 19.1 Å². The van der Waals surface area contributed by atoms with E-state index < -0.39 is 0 Å². The minimum Gasteiger partial charge on any atom is -0.383 e. The molecule has 0 aromatic carbocycles. The molecule has 21 heavy (non-hydrogen) atoms. The van der Waals surface area contributed by atoms with Gasteiger partial charge in [-0.3, -0.25) is 9.69 Å². The first-order chi connectivity index (χ1) is 10.3. The number of hydrogen-bond acceptors (Lipinski definition) is 5. The summed E-state index contributed by atoms with van der Waals surface area (Å²) in [6, 6.07) is 0. The van der Waals surface area contributed by atoms with Crippen molar-refractivity contribution >= 4 is 5.91 Å². The van der Waals surface area contributed by atoms with Crippen LogP contribution in [0.3, 0.4) is 0 Å². The number of carbonyl (C=O) groups is 1. The van der Waals surface area contributed by atoms with E-state index in [1.165, 1.54) is 6.42 Å². The maximum atomic E-state index is 12.2. The Morgan fingerprint density at radius 1 is 1.33 bits per heavy atom. The number of morpholine rings is 1. The molecule has 1 amide bonds. The van der Waals surface area contributed by atoms with Crippen LogP contribution in [0.25, 0.3) is 0 Å². The van der Waals surface area contributed by atoms with Crippen molar-refractivity contribution in [3.8, 4) is 0 Å². The van der Waals surface area contributed by atoms with Crippen LogP contribution < -0.4 is 5.32 Å². The monoisotopic (exact) mass is 299 g/mol.